The highest BCUT2D eigenvalue weighted by molar-refractivity contribution is 6.35. The predicted molar refractivity (Wildman–Crippen MR) is 90.9 cm³/mol. The van der Waals surface area contributed by atoms with Crippen LogP contribution in [-0.4, -0.2) is 5.11 Å². The van der Waals surface area contributed by atoms with Gasteiger partial charge >= 0.3 is 0 Å². The van der Waals surface area contributed by atoms with E-state index in [0.29, 0.717) is 32.1 Å². The van der Waals surface area contributed by atoms with Crippen LogP contribution in [0.2, 0.25) is 20.1 Å². The molecule has 0 spiro atoms. The Morgan fingerprint density at radius 2 is 1.33 bits per heavy atom. The van der Waals surface area contributed by atoms with Gasteiger partial charge in [-0.2, -0.15) is 0 Å². The zero-order chi connectivity index (χ0) is 15.6. The first-order chi connectivity index (χ1) is 9.93. The van der Waals surface area contributed by atoms with E-state index in [2.05, 4.69) is 0 Å². The zero-order valence-corrected chi connectivity index (χ0v) is 14.3. The first-order valence-electron chi connectivity index (χ1n) is 6.52. The summed E-state index contributed by atoms with van der Waals surface area (Å²) in [7, 11) is 0. The smallest absolute Gasteiger partial charge is 0.0873 e. The number of aliphatic hydroxyl groups is 1. The minimum Gasteiger partial charge on any atom is -0.388 e. The minimum absolute atomic E-state index is 0.173. The molecule has 0 aliphatic rings. The number of hydrogen-bond donors (Lipinski definition) is 1. The molecular formula is C16H14Cl4O. The number of rotatable bonds is 4. The molecular weight excluding hydrogens is 350 g/mol. The van der Waals surface area contributed by atoms with Gasteiger partial charge in [0.15, 0.2) is 0 Å². The van der Waals surface area contributed by atoms with Crippen LogP contribution >= 0.6 is 46.4 Å². The van der Waals surface area contributed by atoms with E-state index in [4.69, 9.17) is 46.4 Å². The number of benzene rings is 2. The van der Waals surface area contributed by atoms with Gasteiger partial charge in [-0.1, -0.05) is 65.5 Å². The topological polar surface area (TPSA) is 20.2 Å². The van der Waals surface area contributed by atoms with Crippen LogP contribution in [0, 0.1) is 0 Å². The Morgan fingerprint density at radius 1 is 0.857 bits per heavy atom. The molecule has 2 aromatic rings. The van der Waals surface area contributed by atoms with Crippen LogP contribution in [0.15, 0.2) is 36.4 Å². The number of hydrogen-bond acceptors (Lipinski definition) is 1. The van der Waals surface area contributed by atoms with Crippen molar-refractivity contribution in [2.24, 2.45) is 0 Å². The van der Waals surface area contributed by atoms with Crippen LogP contribution in [0.5, 0.6) is 0 Å². The Balaban J connectivity index is 2.40. The van der Waals surface area contributed by atoms with Gasteiger partial charge in [0.2, 0.25) is 0 Å². The quantitative estimate of drug-likeness (QED) is 0.654. The van der Waals surface area contributed by atoms with E-state index in [1.807, 2.05) is 13.0 Å². The molecule has 2 rings (SSSR count). The average Bonchev–Trinajstić information content (AvgIpc) is 2.41. The maximum Gasteiger partial charge on any atom is 0.0873 e. The van der Waals surface area contributed by atoms with Crippen LogP contribution < -0.4 is 0 Å². The molecule has 0 saturated heterocycles. The van der Waals surface area contributed by atoms with Gasteiger partial charge in [-0.05, 0) is 41.8 Å². The Bertz CT molecular complexity index is 642. The average molecular weight is 364 g/mol. The SMILES string of the molecule is CCC(c1ccc(Cl)cc1Cl)C(O)c1ccc(Cl)cc1Cl. The second-order valence-electron chi connectivity index (χ2n) is 4.79. The fraction of sp³-hybridized carbons (Fsp3) is 0.250. The molecule has 2 atom stereocenters. The van der Waals surface area contributed by atoms with Gasteiger partial charge in [-0.25, -0.2) is 0 Å². The van der Waals surface area contributed by atoms with Crippen LogP contribution in [-0.2, 0) is 0 Å². The molecule has 0 radical (unpaired) electrons. The summed E-state index contributed by atoms with van der Waals surface area (Å²) in [5, 5.41) is 12.8. The third-order valence-corrected chi connectivity index (χ3v) is 4.59. The molecule has 0 aliphatic heterocycles. The lowest BCUT2D eigenvalue weighted by molar-refractivity contribution is 0.142. The zero-order valence-electron chi connectivity index (χ0n) is 11.3. The first kappa shape index (κ1) is 16.9. The Labute approximate surface area is 144 Å². The fourth-order valence-corrected chi connectivity index (χ4v) is 3.44. The summed E-state index contributed by atoms with van der Waals surface area (Å²) in [6, 6.07) is 10.4. The first-order valence-corrected chi connectivity index (χ1v) is 8.03. The van der Waals surface area contributed by atoms with E-state index in [0.717, 1.165) is 5.56 Å². The molecule has 112 valence electrons. The molecule has 2 unspecified atom stereocenters. The van der Waals surface area contributed by atoms with Crippen molar-refractivity contribution in [2.75, 3.05) is 0 Å². The summed E-state index contributed by atoms with van der Waals surface area (Å²) in [6.07, 6.45) is -0.0555. The highest BCUT2D eigenvalue weighted by atomic mass is 35.5. The monoisotopic (exact) mass is 362 g/mol. The van der Waals surface area contributed by atoms with Crippen molar-refractivity contribution in [3.05, 3.63) is 67.6 Å². The Kier molecular flexibility index (Phi) is 5.81. The molecule has 0 saturated carbocycles. The van der Waals surface area contributed by atoms with Crippen molar-refractivity contribution < 1.29 is 5.11 Å². The molecule has 21 heavy (non-hydrogen) atoms. The molecule has 0 aromatic heterocycles. The molecule has 1 N–H and O–H groups in total. The van der Waals surface area contributed by atoms with Crippen LogP contribution in [0.3, 0.4) is 0 Å². The molecule has 0 bridgehead atoms. The molecule has 0 heterocycles. The van der Waals surface area contributed by atoms with E-state index in [1.165, 1.54) is 0 Å². The van der Waals surface area contributed by atoms with Gasteiger partial charge in [0.25, 0.3) is 0 Å². The van der Waals surface area contributed by atoms with Crippen LogP contribution in [0.1, 0.15) is 36.5 Å². The lowest BCUT2D eigenvalue weighted by atomic mass is 9.87. The van der Waals surface area contributed by atoms with E-state index in [-0.39, 0.29) is 5.92 Å². The third-order valence-electron chi connectivity index (χ3n) is 3.46. The van der Waals surface area contributed by atoms with E-state index in [9.17, 15) is 5.11 Å². The maximum atomic E-state index is 10.7. The summed E-state index contributed by atoms with van der Waals surface area (Å²) in [5.41, 5.74) is 1.49. The predicted octanol–water partition coefficient (Wildman–Crippen LogP) is 6.53. The second kappa shape index (κ2) is 7.21. The lowest BCUT2D eigenvalue weighted by Gasteiger charge is -2.24. The van der Waals surface area contributed by atoms with Gasteiger partial charge in [-0.15, -0.1) is 0 Å². The fourth-order valence-electron chi connectivity index (χ4n) is 2.37. The number of halogens is 4. The van der Waals surface area contributed by atoms with Crippen molar-refractivity contribution in [3.63, 3.8) is 0 Å². The highest BCUT2D eigenvalue weighted by Gasteiger charge is 2.25. The molecule has 0 fully saturated rings. The van der Waals surface area contributed by atoms with Gasteiger partial charge in [-0.3, -0.25) is 0 Å². The van der Waals surface area contributed by atoms with Gasteiger partial charge < -0.3 is 5.11 Å². The summed E-state index contributed by atoms with van der Waals surface area (Å²) >= 11 is 24.2. The Morgan fingerprint density at radius 3 is 1.76 bits per heavy atom. The number of aliphatic hydroxyl groups excluding tert-OH is 1. The standard InChI is InChI=1S/C16H14Cl4O/c1-2-11(12-5-3-9(17)7-14(12)19)16(21)13-6-4-10(18)8-15(13)20/h3-8,11,16,21H,2H2,1H3. The van der Waals surface area contributed by atoms with Crippen molar-refractivity contribution >= 4 is 46.4 Å². The van der Waals surface area contributed by atoms with Gasteiger partial charge in [0.05, 0.1) is 6.10 Å². The van der Waals surface area contributed by atoms with Crippen LogP contribution in [0.4, 0.5) is 0 Å². The molecule has 0 amide bonds. The van der Waals surface area contributed by atoms with E-state index < -0.39 is 6.10 Å². The second-order valence-corrected chi connectivity index (χ2v) is 6.48. The molecule has 1 nitrogen and oxygen atoms in total. The van der Waals surface area contributed by atoms with Crippen molar-refractivity contribution in [2.45, 2.75) is 25.4 Å². The van der Waals surface area contributed by atoms with Crippen molar-refractivity contribution in [3.8, 4) is 0 Å². The minimum atomic E-state index is -0.765. The maximum absolute atomic E-state index is 10.7. The van der Waals surface area contributed by atoms with Gasteiger partial charge in [0.1, 0.15) is 0 Å². The molecule has 5 heteroatoms. The van der Waals surface area contributed by atoms with Crippen molar-refractivity contribution in [1.29, 1.82) is 0 Å². The summed E-state index contributed by atoms with van der Waals surface area (Å²) in [5.74, 6) is -0.173. The van der Waals surface area contributed by atoms with Gasteiger partial charge in [0, 0.05) is 26.0 Å². The summed E-state index contributed by atoms with van der Waals surface area (Å²) in [4.78, 5) is 0. The summed E-state index contributed by atoms with van der Waals surface area (Å²) < 4.78 is 0. The molecule has 2 aromatic carbocycles. The van der Waals surface area contributed by atoms with Crippen molar-refractivity contribution in [1.82, 2.24) is 0 Å². The van der Waals surface area contributed by atoms with E-state index >= 15 is 0 Å². The lowest BCUT2D eigenvalue weighted by Crippen LogP contribution is -2.11. The molecule has 0 aliphatic carbocycles. The Hall–Kier alpha value is -0.440. The van der Waals surface area contributed by atoms with Crippen LogP contribution in [0.25, 0.3) is 0 Å². The largest absolute Gasteiger partial charge is 0.388 e. The summed E-state index contributed by atoms with van der Waals surface area (Å²) in [6.45, 7) is 1.99. The normalized spacial score (nSPS) is 14.0. The van der Waals surface area contributed by atoms with E-state index in [1.54, 1.807) is 30.3 Å². The third kappa shape index (κ3) is 3.85. The highest BCUT2D eigenvalue weighted by Crippen LogP contribution is 2.40.